The second-order valence-electron chi connectivity index (χ2n) is 5.90. The minimum Gasteiger partial charge on any atom is -0.368 e. The van der Waals surface area contributed by atoms with Crippen LogP contribution >= 0.6 is 15.9 Å². The molecule has 1 fully saturated rings. The summed E-state index contributed by atoms with van der Waals surface area (Å²) in [6.07, 6.45) is 3.60. The molecule has 3 heterocycles. The van der Waals surface area contributed by atoms with Gasteiger partial charge in [-0.1, -0.05) is 22.0 Å². The highest BCUT2D eigenvalue weighted by Gasteiger charge is 2.23. The number of benzene rings is 1. The van der Waals surface area contributed by atoms with Gasteiger partial charge in [0, 0.05) is 59.6 Å². The lowest BCUT2D eigenvalue weighted by Gasteiger charge is -2.35. The molecule has 1 saturated heterocycles. The molecule has 0 radical (unpaired) electrons. The Balaban J connectivity index is 1.47. The van der Waals surface area contributed by atoms with Crippen LogP contribution in [0.2, 0.25) is 0 Å². The quantitative estimate of drug-likeness (QED) is 0.737. The van der Waals surface area contributed by atoms with Gasteiger partial charge in [-0.2, -0.15) is 0 Å². The van der Waals surface area contributed by atoms with E-state index in [-0.39, 0.29) is 5.91 Å². The van der Waals surface area contributed by atoms with Gasteiger partial charge in [0.25, 0.3) is 5.91 Å². The van der Waals surface area contributed by atoms with E-state index >= 15 is 0 Å². The molecule has 0 spiro atoms. The molecule has 6 heteroatoms. The number of anilines is 1. The first-order chi connectivity index (χ1) is 11.7. The number of pyridine rings is 1. The Morgan fingerprint density at radius 1 is 1.04 bits per heavy atom. The van der Waals surface area contributed by atoms with Crippen molar-refractivity contribution in [1.29, 1.82) is 0 Å². The smallest absolute Gasteiger partial charge is 0.270 e. The molecule has 1 aliphatic heterocycles. The van der Waals surface area contributed by atoms with Crippen molar-refractivity contribution in [3.63, 3.8) is 0 Å². The minimum atomic E-state index is 0.0664. The molecule has 0 unspecified atom stereocenters. The number of hydrogen-bond donors (Lipinski definition) is 1. The van der Waals surface area contributed by atoms with Gasteiger partial charge in [-0.05, 0) is 30.3 Å². The number of rotatable bonds is 2. The number of nitrogens with zero attached hydrogens (tertiary/aromatic N) is 3. The van der Waals surface area contributed by atoms with E-state index < -0.39 is 0 Å². The monoisotopic (exact) mass is 384 g/mol. The highest BCUT2D eigenvalue weighted by molar-refractivity contribution is 9.10. The van der Waals surface area contributed by atoms with Crippen molar-refractivity contribution in [2.75, 3.05) is 31.1 Å². The predicted molar refractivity (Wildman–Crippen MR) is 98.4 cm³/mol. The summed E-state index contributed by atoms with van der Waals surface area (Å²) in [5.41, 5.74) is 2.79. The van der Waals surface area contributed by atoms with Gasteiger partial charge in [0.05, 0.1) is 0 Å². The fourth-order valence-corrected chi connectivity index (χ4v) is 3.47. The van der Waals surface area contributed by atoms with Gasteiger partial charge in [0.2, 0.25) is 0 Å². The zero-order chi connectivity index (χ0) is 16.5. The van der Waals surface area contributed by atoms with Crippen molar-refractivity contribution >= 4 is 38.4 Å². The maximum absolute atomic E-state index is 12.8. The summed E-state index contributed by atoms with van der Waals surface area (Å²) in [5.74, 6) is 0.0664. The highest BCUT2D eigenvalue weighted by Crippen LogP contribution is 2.22. The molecule has 1 aliphatic rings. The fraction of sp³-hybridized carbons (Fsp3) is 0.222. The highest BCUT2D eigenvalue weighted by atomic mass is 79.9. The first-order valence-corrected chi connectivity index (χ1v) is 8.72. The molecule has 2 aromatic heterocycles. The van der Waals surface area contributed by atoms with Crippen molar-refractivity contribution in [2.24, 2.45) is 0 Å². The number of carbonyl (C=O) groups excluding carboxylic acids is 1. The van der Waals surface area contributed by atoms with E-state index in [0.717, 1.165) is 47.2 Å². The zero-order valence-corrected chi connectivity index (χ0v) is 14.7. The van der Waals surface area contributed by atoms with Crippen molar-refractivity contribution in [2.45, 2.75) is 0 Å². The molecule has 24 heavy (non-hydrogen) atoms. The molecule has 1 N–H and O–H groups in total. The maximum atomic E-state index is 12.8. The molecule has 122 valence electrons. The van der Waals surface area contributed by atoms with Gasteiger partial charge in [-0.15, -0.1) is 0 Å². The number of nitrogens with one attached hydrogen (secondary N) is 1. The summed E-state index contributed by atoms with van der Waals surface area (Å²) in [4.78, 5) is 24.2. The van der Waals surface area contributed by atoms with Crippen molar-refractivity contribution in [3.8, 4) is 0 Å². The Bertz CT molecular complexity index is 869. The van der Waals surface area contributed by atoms with Crippen LogP contribution < -0.4 is 4.90 Å². The summed E-state index contributed by atoms with van der Waals surface area (Å²) in [6.45, 7) is 3.11. The molecule has 0 atom stereocenters. The van der Waals surface area contributed by atoms with E-state index in [2.05, 4.69) is 30.8 Å². The largest absolute Gasteiger partial charge is 0.368 e. The summed E-state index contributed by atoms with van der Waals surface area (Å²) in [7, 11) is 0. The number of hydrogen-bond acceptors (Lipinski definition) is 3. The lowest BCUT2D eigenvalue weighted by Crippen LogP contribution is -2.48. The number of aromatic amines is 1. The van der Waals surface area contributed by atoms with Crippen LogP contribution in [0.1, 0.15) is 10.5 Å². The van der Waals surface area contributed by atoms with Crippen LogP contribution in [0.3, 0.4) is 0 Å². The first kappa shape index (κ1) is 15.2. The van der Waals surface area contributed by atoms with Gasteiger partial charge in [-0.3, -0.25) is 9.78 Å². The van der Waals surface area contributed by atoms with E-state index in [9.17, 15) is 4.79 Å². The SMILES string of the molecule is O=C(c1cc2ccc(Br)cc2[nH]1)N1CCN(c2ccncc2)CC1. The normalized spacial score (nSPS) is 15.0. The third kappa shape index (κ3) is 2.89. The summed E-state index contributed by atoms with van der Waals surface area (Å²) >= 11 is 3.46. The van der Waals surface area contributed by atoms with Crippen molar-refractivity contribution < 1.29 is 4.79 Å². The molecule has 5 nitrogen and oxygen atoms in total. The summed E-state index contributed by atoms with van der Waals surface area (Å²) < 4.78 is 1.00. The van der Waals surface area contributed by atoms with E-state index in [4.69, 9.17) is 0 Å². The van der Waals surface area contributed by atoms with Crippen LogP contribution in [0.5, 0.6) is 0 Å². The van der Waals surface area contributed by atoms with Crippen LogP contribution in [0.4, 0.5) is 5.69 Å². The Labute approximate surface area is 148 Å². The number of fused-ring (bicyclic) bond motifs is 1. The van der Waals surface area contributed by atoms with E-state index in [1.54, 1.807) is 12.4 Å². The van der Waals surface area contributed by atoms with Crippen molar-refractivity contribution in [1.82, 2.24) is 14.9 Å². The molecule has 0 bridgehead atoms. The van der Waals surface area contributed by atoms with Crippen LogP contribution in [-0.2, 0) is 0 Å². The standard InChI is InChI=1S/C18H17BrN4O/c19-14-2-1-13-11-17(21-16(13)12-14)18(24)23-9-7-22(8-10-23)15-3-5-20-6-4-15/h1-6,11-12,21H,7-10H2. The van der Waals surface area contributed by atoms with E-state index in [1.807, 2.05) is 41.3 Å². The Hall–Kier alpha value is -2.34. The number of amides is 1. The molecule has 1 amide bonds. The first-order valence-electron chi connectivity index (χ1n) is 7.93. The van der Waals surface area contributed by atoms with Gasteiger partial charge in [0.15, 0.2) is 0 Å². The number of piperazine rings is 1. The number of halogens is 1. The molecule has 0 aliphatic carbocycles. The minimum absolute atomic E-state index is 0.0664. The average Bonchev–Trinajstić information content (AvgIpc) is 3.05. The molecule has 1 aromatic carbocycles. The Morgan fingerprint density at radius 2 is 1.79 bits per heavy atom. The molecule has 0 saturated carbocycles. The van der Waals surface area contributed by atoms with Gasteiger partial charge < -0.3 is 14.8 Å². The number of H-pyrrole nitrogens is 1. The molecule has 4 rings (SSSR count). The Morgan fingerprint density at radius 3 is 2.54 bits per heavy atom. The predicted octanol–water partition coefficient (Wildman–Crippen LogP) is 3.29. The second kappa shape index (κ2) is 6.28. The molecular formula is C18H17BrN4O. The average molecular weight is 385 g/mol. The Kier molecular flexibility index (Phi) is 3.98. The topological polar surface area (TPSA) is 52.2 Å². The summed E-state index contributed by atoms with van der Waals surface area (Å²) in [5, 5.41) is 1.05. The van der Waals surface area contributed by atoms with Gasteiger partial charge >= 0.3 is 0 Å². The van der Waals surface area contributed by atoms with Crippen LogP contribution in [0.15, 0.2) is 53.3 Å². The summed E-state index contributed by atoms with van der Waals surface area (Å²) in [6, 6.07) is 11.9. The molecular weight excluding hydrogens is 368 g/mol. The molecule has 3 aromatic rings. The number of aromatic nitrogens is 2. The zero-order valence-electron chi connectivity index (χ0n) is 13.1. The van der Waals surface area contributed by atoms with E-state index in [0.29, 0.717) is 5.69 Å². The third-order valence-electron chi connectivity index (χ3n) is 4.41. The maximum Gasteiger partial charge on any atom is 0.270 e. The number of carbonyl (C=O) groups is 1. The van der Waals surface area contributed by atoms with Crippen molar-refractivity contribution in [3.05, 3.63) is 59.0 Å². The van der Waals surface area contributed by atoms with Crippen LogP contribution in [0, 0.1) is 0 Å². The van der Waals surface area contributed by atoms with Gasteiger partial charge in [0.1, 0.15) is 5.69 Å². The third-order valence-corrected chi connectivity index (χ3v) is 4.90. The van der Waals surface area contributed by atoms with Crippen LogP contribution in [0.25, 0.3) is 10.9 Å². The second-order valence-corrected chi connectivity index (χ2v) is 6.81. The van der Waals surface area contributed by atoms with Gasteiger partial charge in [-0.25, -0.2) is 0 Å². The van der Waals surface area contributed by atoms with E-state index in [1.165, 1.54) is 0 Å². The lowest BCUT2D eigenvalue weighted by atomic mass is 10.2. The van der Waals surface area contributed by atoms with Crippen LogP contribution in [-0.4, -0.2) is 47.0 Å². The fourth-order valence-electron chi connectivity index (χ4n) is 3.11. The lowest BCUT2D eigenvalue weighted by molar-refractivity contribution is 0.0742.